The first kappa shape index (κ1) is 20.4. The maximum absolute atomic E-state index is 12.5. The minimum Gasteiger partial charge on any atom is -0.366 e. The Labute approximate surface area is 187 Å². The molecule has 1 aliphatic heterocycles. The fourth-order valence-electron chi connectivity index (χ4n) is 4.82. The molecule has 0 saturated carbocycles. The highest BCUT2D eigenvalue weighted by molar-refractivity contribution is 5.95. The second-order valence-corrected chi connectivity index (χ2v) is 8.38. The average molecular weight is 427 g/mol. The molecule has 0 spiro atoms. The van der Waals surface area contributed by atoms with Gasteiger partial charge in [-0.1, -0.05) is 48.5 Å². The normalized spacial score (nSPS) is 16.4. The Morgan fingerprint density at radius 1 is 0.812 bits per heavy atom. The van der Waals surface area contributed by atoms with Gasteiger partial charge in [-0.2, -0.15) is 0 Å². The van der Waals surface area contributed by atoms with Crippen LogP contribution in [0.25, 0.3) is 11.1 Å². The number of nitrogens with zero attached hydrogens (tertiary/aromatic N) is 2. The SMILES string of the molecule is NC(=O)c1ccc(NC(=O)CN2CCN(C3c4ccccc4-c4ccccc43)CC2)cc1. The predicted octanol–water partition coefficient (Wildman–Crippen LogP) is 3.11. The van der Waals surface area contributed by atoms with E-state index < -0.39 is 5.91 Å². The molecule has 6 heteroatoms. The molecule has 0 aromatic heterocycles. The first-order chi connectivity index (χ1) is 15.6. The fraction of sp³-hybridized carbons (Fsp3) is 0.231. The molecule has 162 valence electrons. The molecular weight excluding hydrogens is 400 g/mol. The van der Waals surface area contributed by atoms with Gasteiger partial charge in [-0.05, 0) is 46.5 Å². The molecule has 6 nitrogen and oxygen atoms in total. The highest BCUT2D eigenvalue weighted by atomic mass is 16.2. The van der Waals surface area contributed by atoms with Crippen LogP contribution in [0.15, 0.2) is 72.8 Å². The summed E-state index contributed by atoms with van der Waals surface area (Å²) in [5.74, 6) is -0.532. The molecule has 5 rings (SSSR count). The Morgan fingerprint density at radius 3 is 1.94 bits per heavy atom. The summed E-state index contributed by atoms with van der Waals surface area (Å²) >= 11 is 0. The third kappa shape index (κ3) is 3.90. The van der Waals surface area contributed by atoms with Gasteiger partial charge in [-0.3, -0.25) is 19.4 Å². The molecule has 3 aromatic rings. The molecule has 0 unspecified atom stereocenters. The van der Waals surface area contributed by atoms with E-state index in [-0.39, 0.29) is 11.9 Å². The number of nitrogens with two attached hydrogens (primary N) is 1. The van der Waals surface area contributed by atoms with Crippen LogP contribution in [0.5, 0.6) is 0 Å². The maximum atomic E-state index is 12.5. The molecule has 2 amide bonds. The summed E-state index contributed by atoms with van der Waals surface area (Å²) in [5, 5.41) is 2.90. The molecule has 3 N–H and O–H groups in total. The molecule has 3 aromatic carbocycles. The summed E-state index contributed by atoms with van der Waals surface area (Å²) in [6.45, 7) is 3.86. The molecule has 0 radical (unpaired) electrons. The zero-order valence-corrected chi connectivity index (χ0v) is 17.8. The lowest BCUT2D eigenvalue weighted by atomic mass is 10.0. The molecule has 32 heavy (non-hydrogen) atoms. The summed E-state index contributed by atoms with van der Waals surface area (Å²) in [5.41, 5.74) is 11.8. The molecule has 1 fully saturated rings. The van der Waals surface area contributed by atoms with Crippen LogP contribution in [-0.2, 0) is 4.79 Å². The van der Waals surface area contributed by atoms with Crippen molar-refractivity contribution in [2.75, 3.05) is 38.0 Å². The largest absolute Gasteiger partial charge is 0.366 e. The summed E-state index contributed by atoms with van der Waals surface area (Å²) in [6, 6.07) is 24.3. The number of piperazine rings is 1. The Morgan fingerprint density at radius 2 is 1.38 bits per heavy atom. The molecule has 0 bridgehead atoms. The van der Waals surface area contributed by atoms with Gasteiger partial charge in [-0.25, -0.2) is 0 Å². The number of carbonyl (C=O) groups is 2. The number of nitrogens with one attached hydrogen (secondary N) is 1. The zero-order chi connectivity index (χ0) is 22.1. The van der Waals surface area contributed by atoms with E-state index in [9.17, 15) is 9.59 Å². The molecule has 1 heterocycles. The second-order valence-electron chi connectivity index (χ2n) is 8.38. The first-order valence-electron chi connectivity index (χ1n) is 10.9. The van der Waals surface area contributed by atoms with Crippen LogP contribution in [0.4, 0.5) is 5.69 Å². The number of benzene rings is 3. The highest BCUT2D eigenvalue weighted by Gasteiger charge is 2.34. The van der Waals surface area contributed by atoms with Crippen molar-refractivity contribution in [3.8, 4) is 11.1 Å². The first-order valence-corrected chi connectivity index (χ1v) is 10.9. The minimum absolute atomic E-state index is 0.0539. The van der Waals surface area contributed by atoms with Crippen molar-refractivity contribution in [1.82, 2.24) is 9.80 Å². The van der Waals surface area contributed by atoms with Crippen LogP contribution in [0.1, 0.15) is 27.5 Å². The number of carbonyl (C=O) groups excluding carboxylic acids is 2. The van der Waals surface area contributed by atoms with Crippen molar-refractivity contribution >= 4 is 17.5 Å². The van der Waals surface area contributed by atoms with Crippen LogP contribution in [0.3, 0.4) is 0 Å². The van der Waals surface area contributed by atoms with Gasteiger partial charge >= 0.3 is 0 Å². The van der Waals surface area contributed by atoms with E-state index in [2.05, 4.69) is 63.6 Å². The van der Waals surface area contributed by atoms with Crippen molar-refractivity contribution in [2.45, 2.75) is 6.04 Å². The third-order valence-electron chi connectivity index (χ3n) is 6.39. The van der Waals surface area contributed by atoms with Gasteiger partial charge in [-0.15, -0.1) is 0 Å². The number of amides is 2. The lowest BCUT2D eigenvalue weighted by molar-refractivity contribution is -0.117. The van der Waals surface area contributed by atoms with E-state index >= 15 is 0 Å². The second kappa shape index (κ2) is 8.57. The Balaban J connectivity index is 1.20. The number of hydrogen-bond acceptors (Lipinski definition) is 4. The van der Waals surface area contributed by atoms with Crippen molar-refractivity contribution in [3.05, 3.63) is 89.5 Å². The monoisotopic (exact) mass is 426 g/mol. The number of rotatable bonds is 5. The molecule has 0 atom stereocenters. The van der Waals surface area contributed by atoms with E-state index in [1.165, 1.54) is 22.3 Å². The summed E-state index contributed by atoms with van der Waals surface area (Å²) in [7, 11) is 0. The Kier molecular flexibility index (Phi) is 5.47. The number of anilines is 1. The topological polar surface area (TPSA) is 78.7 Å². The van der Waals surface area contributed by atoms with Gasteiger partial charge in [0.2, 0.25) is 11.8 Å². The quantitative estimate of drug-likeness (QED) is 0.657. The van der Waals surface area contributed by atoms with Gasteiger partial charge in [0.1, 0.15) is 0 Å². The highest BCUT2D eigenvalue weighted by Crippen LogP contribution is 2.46. The van der Waals surface area contributed by atoms with Crippen molar-refractivity contribution in [1.29, 1.82) is 0 Å². The van der Waals surface area contributed by atoms with Crippen LogP contribution in [0.2, 0.25) is 0 Å². The lowest BCUT2D eigenvalue weighted by Crippen LogP contribution is -2.49. The van der Waals surface area contributed by atoms with Crippen molar-refractivity contribution in [2.24, 2.45) is 5.73 Å². The van der Waals surface area contributed by atoms with Crippen LogP contribution in [-0.4, -0.2) is 54.3 Å². The third-order valence-corrected chi connectivity index (χ3v) is 6.39. The standard InChI is InChI=1S/C26H26N4O2/c27-26(32)18-9-11-19(12-10-18)28-24(31)17-29-13-15-30(16-14-29)25-22-7-3-1-5-20(22)21-6-2-4-8-23(21)25/h1-12,25H,13-17H2,(H2,27,32)(H,28,31). The van der Waals surface area contributed by atoms with Crippen LogP contribution >= 0.6 is 0 Å². The Hall–Kier alpha value is -3.48. The Bertz CT molecular complexity index is 1100. The molecule has 2 aliphatic rings. The van der Waals surface area contributed by atoms with E-state index in [1.54, 1.807) is 24.3 Å². The summed E-state index contributed by atoms with van der Waals surface area (Å²) in [6.07, 6.45) is 0. The minimum atomic E-state index is -0.478. The van der Waals surface area contributed by atoms with Gasteiger partial charge in [0.25, 0.3) is 0 Å². The van der Waals surface area contributed by atoms with Gasteiger partial charge in [0, 0.05) is 37.4 Å². The van der Waals surface area contributed by atoms with Crippen LogP contribution in [0, 0.1) is 0 Å². The average Bonchev–Trinajstić information content (AvgIpc) is 3.14. The maximum Gasteiger partial charge on any atom is 0.248 e. The molecule has 1 saturated heterocycles. The van der Waals surface area contributed by atoms with E-state index in [0.717, 1.165) is 26.2 Å². The van der Waals surface area contributed by atoms with E-state index in [4.69, 9.17) is 5.73 Å². The fourth-order valence-corrected chi connectivity index (χ4v) is 4.82. The smallest absolute Gasteiger partial charge is 0.248 e. The molecule has 1 aliphatic carbocycles. The number of primary amides is 1. The van der Waals surface area contributed by atoms with E-state index in [0.29, 0.717) is 17.8 Å². The van der Waals surface area contributed by atoms with Crippen molar-refractivity contribution in [3.63, 3.8) is 0 Å². The zero-order valence-electron chi connectivity index (χ0n) is 17.8. The van der Waals surface area contributed by atoms with Gasteiger partial charge in [0.15, 0.2) is 0 Å². The summed E-state index contributed by atoms with van der Waals surface area (Å²) in [4.78, 5) is 28.4. The summed E-state index contributed by atoms with van der Waals surface area (Å²) < 4.78 is 0. The van der Waals surface area contributed by atoms with Gasteiger partial charge < -0.3 is 11.1 Å². The lowest BCUT2D eigenvalue weighted by Gasteiger charge is -2.38. The van der Waals surface area contributed by atoms with Crippen LogP contribution < -0.4 is 11.1 Å². The predicted molar refractivity (Wildman–Crippen MR) is 125 cm³/mol. The van der Waals surface area contributed by atoms with E-state index in [1.807, 2.05) is 0 Å². The molecular formula is C26H26N4O2. The van der Waals surface area contributed by atoms with Gasteiger partial charge in [0.05, 0.1) is 12.6 Å². The number of hydrogen-bond donors (Lipinski definition) is 2. The van der Waals surface area contributed by atoms with Crippen molar-refractivity contribution < 1.29 is 9.59 Å². The number of fused-ring (bicyclic) bond motifs is 3.